The molecule has 0 aliphatic carbocycles. The molecule has 2 rings (SSSR count). The highest BCUT2D eigenvalue weighted by Crippen LogP contribution is 2.21. The number of nitrogens with two attached hydrogens (primary N) is 1. The predicted molar refractivity (Wildman–Crippen MR) is 80.2 cm³/mol. The van der Waals surface area contributed by atoms with Gasteiger partial charge >= 0.3 is 0 Å². The van der Waals surface area contributed by atoms with E-state index >= 15 is 0 Å². The van der Waals surface area contributed by atoms with Crippen LogP contribution in [0, 0.1) is 5.92 Å². The number of piperidine rings is 1. The SMILES string of the molecule is CC1CCN(CCc2ccccc2)C(CN)C1.Cl. The molecule has 0 aromatic heterocycles. The summed E-state index contributed by atoms with van der Waals surface area (Å²) in [5.41, 5.74) is 7.32. The fourth-order valence-electron chi connectivity index (χ4n) is 2.76. The Hall–Kier alpha value is -0.570. The third-order valence-corrected chi connectivity index (χ3v) is 3.90. The van der Waals surface area contributed by atoms with E-state index in [9.17, 15) is 0 Å². The van der Waals surface area contributed by atoms with Gasteiger partial charge in [-0.15, -0.1) is 12.4 Å². The summed E-state index contributed by atoms with van der Waals surface area (Å²) in [4.78, 5) is 2.58. The molecule has 1 saturated heterocycles. The molecule has 0 radical (unpaired) electrons. The Bertz CT molecular complexity index is 329. The minimum absolute atomic E-state index is 0. The molecule has 18 heavy (non-hydrogen) atoms. The minimum Gasteiger partial charge on any atom is -0.329 e. The molecule has 0 spiro atoms. The molecule has 1 fully saturated rings. The van der Waals surface area contributed by atoms with Crippen LogP contribution in [0.25, 0.3) is 0 Å². The summed E-state index contributed by atoms with van der Waals surface area (Å²) in [5, 5.41) is 0. The van der Waals surface area contributed by atoms with E-state index in [2.05, 4.69) is 42.2 Å². The van der Waals surface area contributed by atoms with Crippen LogP contribution in [0.2, 0.25) is 0 Å². The van der Waals surface area contributed by atoms with Crippen molar-refractivity contribution in [2.45, 2.75) is 32.2 Å². The first-order valence-electron chi connectivity index (χ1n) is 6.77. The van der Waals surface area contributed by atoms with Crippen molar-refractivity contribution in [3.63, 3.8) is 0 Å². The van der Waals surface area contributed by atoms with Gasteiger partial charge in [0, 0.05) is 19.1 Å². The van der Waals surface area contributed by atoms with Crippen LogP contribution in [-0.4, -0.2) is 30.6 Å². The quantitative estimate of drug-likeness (QED) is 0.910. The molecule has 1 aromatic carbocycles. The van der Waals surface area contributed by atoms with E-state index < -0.39 is 0 Å². The van der Waals surface area contributed by atoms with Gasteiger partial charge in [-0.1, -0.05) is 37.3 Å². The van der Waals surface area contributed by atoms with Crippen molar-refractivity contribution in [1.82, 2.24) is 4.90 Å². The van der Waals surface area contributed by atoms with Gasteiger partial charge in [-0.05, 0) is 37.3 Å². The number of rotatable bonds is 4. The zero-order chi connectivity index (χ0) is 12.1. The maximum Gasteiger partial charge on any atom is 0.0221 e. The maximum atomic E-state index is 5.88. The van der Waals surface area contributed by atoms with Crippen molar-refractivity contribution in [3.05, 3.63) is 35.9 Å². The van der Waals surface area contributed by atoms with Crippen LogP contribution in [0.4, 0.5) is 0 Å². The molecule has 2 nitrogen and oxygen atoms in total. The van der Waals surface area contributed by atoms with Crippen molar-refractivity contribution < 1.29 is 0 Å². The Morgan fingerprint density at radius 3 is 2.67 bits per heavy atom. The number of benzene rings is 1. The third kappa shape index (κ3) is 4.27. The Morgan fingerprint density at radius 1 is 1.28 bits per heavy atom. The van der Waals surface area contributed by atoms with Gasteiger partial charge in [0.25, 0.3) is 0 Å². The predicted octanol–water partition coefficient (Wildman–Crippen LogP) is 2.71. The van der Waals surface area contributed by atoms with Gasteiger partial charge in [-0.3, -0.25) is 4.90 Å². The second-order valence-electron chi connectivity index (χ2n) is 5.29. The van der Waals surface area contributed by atoms with Gasteiger partial charge in [-0.25, -0.2) is 0 Å². The number of likely N-dealkylation sites (tertiary alicyclic amines) is 1. The van der Waals surface area contributed by atoms with E-state index in [4.69, 9.17) is 5.73 Å². The Morgan fingerprint density at radius 2 is 2.00 bits per heavy atom. The first-order chi connectivity index (χ1) is 8.29. The lowest BCUT2D eigenvalue weighted by molar-refractivity contribution is 0.124. The molecule has 2 unspecified atom stereocenters. The van der Waals surface area contributed by atoms with Gasteiger partial charge in [0.1, 0.15) is 0 Å². The van der Waals surface area contributed by atoms with Gasteiger partial charge < -0.3 is 5.73 Å². The second-order valence-corrected chi connectivity index (χ2v) is 5.29. The van der Waals surface area contributed by atoms with E-state index in [1.807, 2.05) is 0 Å². The molecule has 0 bridgehead atoms. The van der Waals surface area contributed by atoms with Crippen LogP contribution < -0.4 is 5.73 Å². The van der Waals surface area contributed by atoms with Crippen molar-refractivity contribution in [1.29, 1.82) is 0 Å². The Balaban J connectivity index is 0.00000162. The highest BCUT2D eigenvalue weighted by Gasteiger charge is 2.24. The zero-order valence-electron chi connectivity index (χ0n) is 11.2. The zero-order valence-corrected chi connectivity index (χ0v) is 12.0. The molecule has 2 N–H and O–H groups in total. The molecular formula is C15H25ClN2. The molecular weight excluding hydrogens is 244 g/mol. The van der Waals surface area contributed by atoms with E-state index in [1.54, 1.807) is 0 Å². The Kier molecular flexibility index (Phi) is 6.69. The highest BCUT2D eigenvalue weighted by molar-refractivity contribution is 5.85. The fraction of sp³-hybridized carbons (Fsp3) is 0.600. The molecule has 1 aliphatic heterocycles. The topological polar surface area (TPSA) is 29.3 Å². The molecule has 2 atom stereocenters. The van der Waals surface area contributed by atoms with Crippen molar-refractivity contribution in [2.24, 2.45) is 11.7 Å². The molecule has 1 aliphatic rings. The lowest BCUT2D eigenvalue weighted by Gasteiger charge is -2.38. The third-order valence-electron chi connectivity index (χ3n) is 3.90. The van der Waals surface area contributed by atoms with Gasteiger partial charge in [0.15, 0.2) is 0 Å². The normalized spacial score (nSPS) is 24.6. The summed E-state index contributed by atoms with van der Waals surface area (Å²) in [6.07, 6.45) is 3.74. The van der Waals surface area contributed by atoms with Gasteiger partial charge in [-0.2, -0.15) is 0 Å². The smallest absolute Gasteiger partial charge is 0.0221 e. The summed E-state index contributed by atoms with van der Waals surface area (Å²) in [6, 6.07) is 11.3. The number of halogens is 1. The van der Waals surface area contributed by atoms with E-state index in [1.165, 1.54) is 24.9 Å². The fourth-order valence-corrected chi connectivity index (χ4v) is 2.76. The standard InChI is InChI=1S/C15H24N2.ClH/c1-13-7-9-17(15(11-13)12-16)10-8-14-5-3-2-4-6-14;/h2-6,13,15H,7-12,16H2,1H3;1H. The molecule has 3 heteroatoms. The average molecular weight is 269 g/mol. The van der Waals surface area contributed by atoms with E-state index in [-0.39, 0.29) is 12.4 Å². The monoisotopic (exact) mass is 268 g/mol. The van der Waals surface area contributed by atoms with Crippen LogP contribution in [0.5, 0.6) is 0 Å². The minimum atomic E-state index is 0. The molecule has 1 heterocycles. The highest BCUT2D eigenvalue weighted by atomic mass is 35.5. The van der Waals surface area contributed by atoms with E-state index in [0.29, 0.717) is 6.04 Å². The molecule has 1 aromatic rings. The first-order valence-corrected chi connectivity index (χ1v) is 6.77. The largest absolute Gasteiger partial charge is 0.329 e. The Labute approximate surface area is 117 Å². The summed E-state index contributed by atoms with van der Waals surface area (Å²) in [6.45, 7) is 5.52. The van der Waals surface area contributed by atoms with Crippen molar-refractivity contribution in [2.75, 3.05) is 19.6 Å². The van der Waals surface area contributed by atoms with Crippen molar-refractivity contribution >= 4 is 12.4 Å². The van der Waals surface area contributed by atoms with Gasteiger partial charge in [0.2, 0.25) is 0 Å². The maximum absolute atomic E-state index is 5.88. The number of nitrogens with zero attached hydrogens (tertiary/aromatic N) is 1. The van der Waals surface area contributed by atoms with Crippen molar-refractivity contribution in [3.8, 4) is 0 Å². The van der Waals surface area contributed by atoms with Crippen LogP contribution in [0.15, 0.2) is 30.3 Å². The molecule has 102 valence electrons. The number of hydrogen-bond acceptors (Lipinski definition) is 2. The summed E-state index contributed by atoms with van der Waals surface area (Å²) in [5.74, 6) is 0.844. The first kappa shape index (κ1) is 15.5. The van der Waals surface area contributed by atoms with E-state index in [0.717, 1.165) is 25.4 Å². The summed E-state index contributed by atoms with van der Waals surface area (Å²) in [7, 11) is 0. The van der Waals surface area contributed by atoms with Crippen LogP contribution >= 0.6 is 12.4 Å². The van der Waals surface area contributed by atoms with Crippen LogP contribution in [-0.2, 0) is 6.42 Å². The molecule has 0 saturated carbocycles. The average Bonchev–Trinajstić information content (AvgIpc) is 2.38. The van der Waals surface area contributed by atoms with Crippen LogP contribution in [0.1, 0.15) is 25.3 Å². The van der Waals surface area contributed by atoms with Crippen LogP contribution in [0.3, 0.4) is 0 Å². The second kappa shape index (κ2) is 7.78. The lowest BCUT2D eigenvalue weighted by Crippen LogP contribution is -2.46. The summed E-state index contributed by atoms with van der Waals surface area (Å²) < 4.78 is 0. The summed E-state index contributed by atoms with van der Waals surface area (Å²) >= 11 is 0. The number of hydrogen-bond donors (Lipinski definition) is 1. The lowest BCUT2D eigenvalue weighted by atomic mass is 9.92. The molecule has 0 amide bonds. The van der Waals surface area contributed by atoms with Gasteiger partial charge in [0.05, 0.1) is 0 Å².